The molecule has 1 aromatic carbocycles. The Hall–Kier alpha value is -1.87. The maximum absolute atomic E-state index is 12.6. The Kier molecular flexibility index (Phi) is 4.88. The number of hydrogen-bond acceptors (Lipinski definition) is 6. The molecule has 0 spiro atoms. The summed E-state index contributed by atoms with van der Waals surface area (Å²) in [6.45, 7) is -0.379. The summed E-state index contributed by atoms with van der Waals surface area (Å²) in [5, 5.41) is 11.3. The van der Waals surface area contributed by atoms with Gasteiger partial charge in [0.2, 0.25) is 0 Å². The summed E-state index contributed by atoms with van der Waals surface area (Å²) in [5.41, 5.74) is -0.318. The zero-order valence-corrected chi connectivity index (χ0v) is 14.8. The first-order valence-electron chi connectivity index (χ1n) is 7.85. The van der Waals surface area contributed by atoms with Crippen LogP contribution in [0, 0.1) is 10.1 Å². The second-order valence-corrected chi connectivity index (χ2v) is 8.91. The van der Waals surface area contributed by atoms with Crippen molar-refractivity contribution in [2.75, 3.05) is 18.1 Å². The van der Waals surface area contributed by atoms with Gasteiger partial charge >= 0.3 is 5.69 Å². The molecule has 1 aliphatic carbocycles. The second kappa shape index (κ2) is 6.80. The van der Waals surface area contributed by atoms with Crippen molar-refractivity contribution in [3.8, 4) is 5.75 Å². The number of benzene rings is 1. The first-order chi connectivity index (χ1) is 11.8. The van der Waals surface area contributed by atoms with Crippen LogP contribution in [0.5, 0.6) is 5.75 Å². The van der Waals surface area contributed by atoms with Gasteiger partial charge in [-0.2, -0.15) is 0 Å². The zero-order chi connectivity index (χ0) is 18.2. The van der Waals surface area contributed by atoms with E-state index >= 15 is 0 Å². The van der Waals surface area contributed by atoms with E-state index in [9.17, 15) is 23.3 Å². The molecule has 1 aromatic rings. The smallest absolute Gasteiger partial charge is 0.312 e. The molecule has 1 amide bonds. The third-order valence-corrected chi connectivity index (χ3v) is 6.28. The molecule has 1 aliphatic heterocycles. The van der Waals surface area contributed by atoms with Crippen LogP contribution in [0.4, 0.5) is 5.69 Å². The SMILES string of the molecule is O=C(COc1ccc(Cl)cc1[N+](=O)[O-])N(C1CC1)[C@@H]1CCS(=O)(=O)C1. The van der Waals surface area contributed by atoms with Crippen molar-refractivity contribution in [3.63, 3.8) is 0 Å². The molecular formula is C15H17ClN2O6S. The molecule has 0 unspecified atom stereocenters. The fraction of sp³-hybridized carbons (Fsp3) is 0.533. The van der Waals surface area contributed by atoms with E-state index in [0.29, 0.717) is 6.42 Å². The third kappa shape index (κ3) is 4.21. The lowest BCUT2D eigenvalue weighted by Gasteiger charge is -2.28. The number of sulfone groups is 1. The fourth-order valence-corrected chi connectivity index (χ4v) is 4.90. The van der Waals surface area contributed by atoms with E-state index in [0.717, 1.165) is 18.9 Å². The van der Waals surface area contributed by atoms with Gasteiger partial charge in [0.25, 0.3) is 5.91 Å². The van der Waals surface area contributed by atoms with Gasteiger partial charge in [-0.25, -0.2) is 8.42 Å². The lowest BCUT2D eigenvalue weighted by atomic mass is 10.2. The summed E-state index contributed by atoms with van der Waals surface area (Å²) in [7, 11) is -3.11. The van der Waals surface area contributed by atoms with Crippen LogP contribution in [-0.4, -0.2) is 54.3 Å². The van der Waals surface area contributed by atoms with E-state index < -0.39 is 14.8 Å². The van der Waals surface area contributed by atoms with Gasteiger partial charge in [0.15, 0.2) is 22.2 Å². The monoisotopic (exact) mass is 388 g/mol. The summed E-state index contributed by atoms with van der Waals surface area (Å²) in [6.07, 6.45) is 2.10. The first-order valence-corrected chi connectivity index (χ1v) is 10.0. The number of halogens is 1. The van der Waals surface area contributed by atoms with E-state index in [-0.39, 0.29) is 52.6 Å². The summed E-state index contributed by atoms with van der Waals surface area (Å²) in [4.78, 5) is 24.6. The number of hydrogen-bond donors (Lipinski definition) is 0. The predicted molar refractivity (Wildman–Crippen MR) is 90.5 cm³/mol. The fourth-order valence-electron chi connectivity index (χ4n) is 3.02. The zero-order valence-electron chi connectivity index (χ0n) is 13.3. The van der Waals surface area contributed by atoms with Gasteiger partial charge in [-0.1, -0.05) is 11.6 Å². The molecule has 1 atom stereocenters. The lowest BCUT2D eigenvalue weighted by Crippen LogP contribution is -2.45. The minimum Gasteiger partial charge on any atom is -0.477 e. The number of carbonyl (C=O) groups is 1. The normalized spacial score (nSPS) is 21.7. The lowest BCUT2D eigenvalue weighted by molar-refractivity contribution is -0.385. The molecule has 0 N–H and O–H groups in total. The van der Waals surface area contributed by atoms with Gasteiger partial charge in [-0.05, 0) is 31.4 Å². The number of nitrogens with zero attached hydrogens (tertiary/aromatic N) is 2. The number of nitro benzene ring substituents is 1. The van der Waals surface area contributed by atoms with Gasteiger partial charge in [0.05, 0.1) is 16.4 Å². The van der Waals surface area contributed by atoms with E-state index in [1.807, 2.05) is 0 Å². The van der Waals surface area contributed by atoms with Crippen LogP contribution >= 0.6 is 11.6 Å². The largest absolute Gasteiger partial charge is 0.477 e. The number of nitro groups is 1. The van der Waals surface area contributed by atoms with Crippen molar-refractivity contribution in [2.24, 2.45) is 0 Å². The molecule has 1 saturated heterocycles. The molecule has 1 heterocycles. The van der Waals surface area contributed by atoms with E-state index in [1.165, 1.54) is 12.1 Å². The second-order valence-electron chi connectivity index (χ2n) is 6.25. The Labute approximate surface area is 149 Å². The minimum absolute atomic E-state index is 0.0314. The standard InChI is InChI=1S/C15H17ClN2O6S/c16-10-1-4-14(13(7-10)18(20)21)24-8-15(19)17(11-2-3-11)12-5-6-25(22,23)9-12/h1,4,7,11-12H,2-3,5-6,8-9H2/t12-/m1/s1. The summed E-state index contributed by atoms with van der Waals surface area (Å²) >= 11 is 5.74. The maximum atomic E-state index is 12.6. The molecule has 1 saturated carbocycles. The number of amides is 1. The predicted octanol–water partition coefficient (Wildman–Crippen LogP) is 1.81. The van der Waals surface area contributed by atoms with Crippen LogP contribution in [0.2, 0.25) is 5.02 Å². The highest BCUT2D eigenvalue weighted by atomic mass is 35.5. The van der Waals surface area contributed by atoms with Crippen LogP contribution in [0.1, 0.15) is 19.3 Å². The van der Waals surface area contributed by atoms with Gasteiger partial charge in [0, 0.05) is 23.2 Å². The Balaban J connectivity index is 1.70. The van der Waals surface area contributed by atoms with Gasteiger partial charge in [0.1, 0.15) is 0 Å². The van der Waals surface area contributed by atoms with Crippen molar-refractivity contribution in [1.29, 1.82) is 0 Å². The molecule has 0 aromatic heterocycles. The molecule has 136 valence electrons. The van der Waals surface area contributed by atoms with Gasteiger partial charge in [-0.3, -0.25) is 14.9 Å². The number of rotatable bonds is 6. The Morgan fingerprint density at radius 1 is 1.32 bits per heavy atom. The van der Waals surface area contributed by atoms with Crippen LogP contribution in [0.3, 0.4) is 0 Å². The summed E-state index contributed by atoms with van der Waals surface area (Å²) in [5.74, 6) is -0.347. The molecule has 25 heavy (non-hydrogen) atoms. The molecule has 3 rings (SSSR count). The first kappa shape index (κ1) is 17.9. The summed E-state index contributed by atoms with van der Waals surface area (Å²) < 4.78 is 28.7. The highest BCUT2D eigenvalue weighted by molar-refractivity contribution is 7.91. The molecule has 2 fully saturated rings. The average Bonchev–Trinajstić information content (AvgIpc) is 3.29. The topological polar surface area (TPSA) is 107 Å². The molecular weight excluding hydrogens is 372 g/mol. The van der Waals surface area contributed by atoms with Gasteiger partial charge < -0.3 is 9.64 Å². The van der Waals surface area contributed by atoms with Crippen LogP contribution in [-0.2, 0) is 14.6 Å². The van der Waals surface area contributed by atoms with E-state index in [1.54, 1.807) is 4.90 Å². The van der Waals surface area contributed by atoms with Crippen LogP contribution < -0.4 is 4.74 Å². The molecule has 10 heteroatoms. The molecule has 0 radical (unpaired) electrons. The van der Waals surface area contributed by atoms with Crippen molar-refractivity contribution in [3.05, 3.63) is 33.3 Å². The molecule has 2 aliphatic rings. The Morgan fingerprint density at radius 2 is 2.04 bits per heavy atom. The van der Waals surface area contributed by atoms with Crippen LogP contribution in [0.25, 0.3) is 0 Å². The number of ether oxygens (including phenoxy) is 1. The quantitative estimate of drug-likeness (QED) is 0.543. The Morgan fingerprint density at radius 3 is 2.60 bits per heavy atom. The number of carbonyl (C=O) groups excluding carboxylic acids is 1. The molecule has 0 bridgehead atoms. The van der Waals surface area contributed by atoms with Crippen molar-refractivity contribution >= 4 is 33.0 Å². The van der Waals surface area contributed by atoms with E-state index in [4.69, 9.17) is 16.3 Å². The highest BCUT2D eigenvalue weighted by Crippen LogP contribution is 2.33. The average molecular weight is 389 g/mol. The van der Waals surface area contributed by atoms with Crippen molar-refractivity contribution < 1.29 is 22.9 Å². The Bertz CT molecular complexity index is 808. The van der Waals surface area contributed by atoms with E-state index in [2.05, 4.69) is 0 Å². The van der Waals surface area contributed by atoms with Crippen molar-refractivity contribution in [1.82, 2.24) is 4.90 Å². The van der Waals surface area contributed by atoms with Crippen LogP contribution in [0.15, 0.2) is 18.2 Å². The minimum atomic E-state index is -3.11. The summed E-state index contributed by atoms with van der Waals surface area (Å²) in [6, 6.07) is 3.64. The third-order valence-electron chi connectivity index (χ3n) is 4.30. The maximum Gasteiger partial charge on any atom is 0.312 e. The molecule has 8 nitrogen and oxygen atoms in total. The highest BCUT2D eigenvalue weighted by Gasteiger charge is 2.42. The van der Waals surface area contributed by atoms with Crippen molar-refractivity contribution in [2.45, 2.75) is 31.3 Å². The van der Waals surface area contributed by atoms with Gasteiger partial charge in [-0.15, -0.1) is 0 Å².